The first-order chi connectivity index (χ1) is 12.9. The minimum absolute atomic E-state index is 0. The Labute approximate surface area is 189 Å². The molecule has 7 heteroatoms. The second-order valence-corrected chi connectivity index (χ2v) is 7.01. The summed E-state index contributed by atoms with van der Waals surface area (Å²) in [5.74, 6) is 0.737. The van der Waals surface area contributed by atoms with Gasteiger partial charge in [-0.25, -0.2) is 0 Å². The quantitative estimate of drug-likeness (QED) is 0.346. The molecule has 2 N–H and O–H groups in total. The van der Waals surface area contributed by atoms with Gasteiger partial charge in [0.1, 0.15) is 0 Å². The molecule has 0 radical (unpaired) electrons. The second-order valence-electron chi connectivity index (χ2n) is 6.57. The van der Waals surface area contributed by atoms with Crippen LogP contribution in [0, 0.1) is 0 Å². The number of amides is 1. The average Bonchev–Trinajstić information content (AvgIpc) is 2.66. The van der Waals surface area contributed by atoms with Crippen molar-refractivity contribution in [1.29, 1.82) is 0 Å². The lowest BCUT2D eigenvalue weighted by Crippen LogP contribution is -2.39. The van der Waals surface area contributed by atoms with E-state index in [4.69, 9.17) is 11.6 Å². The van der Waals surface area contributed by atoms with Gasteiger partial charge >= 0.3 is 0 Å². The summed E-state index contributed by atoms with van der Waals surface area (Å²) < 4.78 is 0. The first kappa shape index (κ1) is 24.2. The average molecular weight is 515 g/mol. The number of guanidine groups is 1. The van der Waals surface area contributed by atoms with Crippen molar-refractivity contribution < 1.29 is 4.79 Å². The third kappa shape index (κ3) is 7.31. The summed E-state index contributed by atoms with van der Waals surface area (Å²) in [6.45, 7) is 2.77. The number of carbonyl (C=O) groups is 1. The van der Waals surface area contributed by atoms with E-state index in [1.54, 1.807) is 26.0 Å². The van der Waals surface area contributed by atoms with Gasteiger partial charge in [0.15, 0.2) is 5.96 Å². The Morgan fingerprint density at radius 3 is 2.54 bits per heavy atom. The van der Waals surface area contributed by atoms with Gasteiger partial charge in [-0.3, -0.25) is 9.79 Å². The summed E-state index contributed by atoms with van der Waals surface area (Å²) in [5, 5.41) is 7.39. The van der Waals surface area contributed by atoms with Crippen LogP contribution >= 0.6 is 35.6 Å². The Hall–Kier alpha value is -1.80. The van der Waals surface area contributed by atoms with E-state index < -0.39 is 0 Å². The van der Waals surface area contributed by atoms with Crippen LogP contribution in [0.4, 0.5) is 0 Å². The topological polar surface area (TPSA) is 56.7 Å². The van der Waals surface area contributed by atoms with Gasteiger partial charge in [0.25, 0.3) is 5.91 Å². The van der Waals surface area contributed by atoms with Crippen LogP contribution in [0.3, 0.4) is 0 Å². The molecule has 0 aliphatic rings. The molecule has 2 rings (SSSR count). The van der Waals surface area contributed by atoms with E-state index in [0.717, 1.165) is 28.5 Å². The van der Waals surface area contributed by atoms with Gasteiger partial charge in [0, 0.05) is 38.3 Å². The zero-order valence-electron chi connectivity index (χ0n) is 16.7. The molecule has 0 aliphatic heterocycles. The fourth-order valence-corrected chi connectivity index (χ4v) is 2.90. The van der Waals surface area contributed by atoms with Gasteiger partial charge in [-0.2, -0.15) is 0 Å². The van der Waals surface area contributed by atoms with Gasteiger partial charge in [0.05, 0.1) is 6.04 Å². The van der Waals surface area contributed by atoms with Gasteiger partial charge in [0.2, 0.25) is 0 Å². The minimum atomic E-state index is 0. The maximum absolute atomic E-state index is 12.1. The van der Waals surface area contributed by atoms with E-state index in [2.05, 4.69) is 22.5 Å². The van der Waals surface area contributed by atoms with Crippen molar-refractivity contribution in [3.05, 3.63) is 70.2 Å². The zero-order chi connectivity index (χ0) is 19.8. The van der Waals surface area contributed by atoms with Crippen molar-refractivity contribution in [2.75, 3.05) is 27.7 Å². The Morgan fingerprint density at radius 2 is 1.89 bits per heavy atom. The highest BCUT2D eigenvalue weighted by Gasteiger charge is 2.10. The molecule has 0 aromatic heterocycles. The summed E-state index contributed by atoms with van der Waals surface area (Å²) in [4.78, 5) is 17.9. The molecule has 152 valence electrons. The van der Waals surface area contributed by atoms with Crippen molar-refractivity contribution in [2.24, 2.45) is 4.99 Å². The third-order valence-corrected chi connectivity index (χ3v) is 4.45. The smallest absolute Gasteiger partial charge is 0.253 e. The van der Waals surface area contributed by atoms with Crippen molar-refractivity contribution in [3.8, 4) is 0 Å². The van der Waals surface area contributed by atoms with Crippen LogP contribution in [0.2, 0.25) is 5.02 Å². The molecule has 0 heterocycles. The summed E-state index contributed by atoms with van der Waals surface area (Å²) in [6, 6.07) is 15.6. The molecule has 2 aromatic carbocycles. The van der Waals surface area contributed by atoms with Gasteiger partial charge in [-0.15, -0.1) is 24.0 Å². The number of nitrogens with zero attached hydrogens (tertiary/aromatic N) is 2. The van der Waals surface area contributed by atoms with E-state index in [-0.39, 0.29) is 35.9 Å². The molecule has 1 unspecified atom stereocenters. The number of halogens is 2. The third-order valence-electron chi connectivity index (χ3n) is 4.21. The Bertz CT molecular complexity index is 810. The molecular weight excluding hydrogens is 487 g/mol. The number of rotatable bonds is 6. The van der Waals surface area contributed by atoms with E-state index in [1.807, 2.05) is 48.5 Å². The van der Waals surface area contributed by atoms with Crippen LogP contribution in [0.1, 0.15) is 34.5 Å². The highest BCUT2D eigenvalue weighted by Crippen LogP contribution is 2.17. The standard InChI is InChI=1S/C21H27ClN4O.HI/c1-15(17-8-6-10-19(22)14-17)25-21(23-2)24-12-11-16-7-5-9-18(13-16)20(27)26(3)4;/h5-10,13-15H,11-12H2,1-4H3,(H2,23,24,25);1H. The summed E-state index contributed by atoms with van der Waals surface area (Å²) >= 11 is 6.06. The number of benzene rings is 2. The molecule has 1 amide bonds. The van der Waals surface area contributed by atoms with Crippen LogP contribution in [-0.2, 0) is 6.42 Å². The van der Waals surface area contributed by atoms with E-state index >= 15 is 0 Å². The molecule has 0 saturated carbocycles. The normalized spacial score (nSPS) is 12.0. The molecule has 0 saturated heterocycles. The van der Waals surface area contributed by atoms with Crippen LogP contribution < -0.4 is 10.6 Å². The lowest BCUT2D eigenvalue weighted by Gasteiger charge is -2.18. The highest BCUT2D eigenvalue weighted by molar-refractivity contribution is 14.0. The van der Waals surface area contributed by atoms with Gasteiger partial charge in [-0.05, 0) is 48.7 Å². The summed E-state index contributed by atoms with van der Waals surface area (Å²) in [5.41, 5.74) is 2.91. The Morgan fingerprint density at radius 1 is 1.18 bits per heavy atom. The largest absolute Gasteiger partial charge is 0.356 e. The Kier molecular flexibility index (Phi) is 10.3. The minimum Gasteiger partial charge on any atom is -0.356 e. The molecule has 0 bridgehead atoms. The molecule has 1 atom stereocenters. The lowest BCUT2D eigenvalue weighted by atomic mass is 10.1. The highest BCUT2D eigenvalue weighted by atomic mass is 127. The molecule has 2 aromatic rings. The van der Waals surface area contributed by atoms with Crippen molar-refractivity contribution in [1.82, 2.24) is 15.5 Å². The number of carbonyl (C=O) groups excluding carboxylic acids is 1. The SMILES string of the molecule is CN=C(NCCc1cccc(C(=O)N(C)C)c1)NC(C)c1cccc(Cl)c1.I. The van der Waals surface area contributed by atoms with Gasteiger partial charge in [-0.1, -0.05) is 35.9 Å². The molecule has 5 nitrogen and oxygen atoms in total. The van der Waals surface area contributed by atoms with Gasteiger partial charge < -0.3 is 15.5 Å². The van der Waals surface area contributed by atoms with Crippen LogP contribution in [0.5, 0.6) is 0 Å². The van der Waals surface area contributed by atoms with Crippen LogP contribution in [-0.4, -0.2) is 44.5 Å². The maximum Gasteiger partial charge on any atom is 0.253 e. The molecule has 0 spiro atoms. The molecule has 28 heavy (non-hydrogen) atoms. The lowest BCUT2D eigenvalue weighted by molar-refractivity contribution is 0.0827. The summed E-state index contributed by atoms with van der Waals surface area (Å²) in [6.07, 6.45) is 0.792. The van der Waals surface area contributed by atoms with E-state index in [9.17, 15) is 4.79 Å². The number of nitrogens with one attached hydrogen (secondary N) is 2. The fraction of sp³-hybridized carbons (Fsp3) is 0.333. The molecular formula is C21H28ClIN4O. The van der Waals surface area contributed by atoms with Crippen LogP contribution in [0.25, 0.3) is 0 Å². The second kappa shape index (κ2) is 11.9. The first-order valence-corrected chi connectivity index (χ1v) is 9.31. The number of hydrogen-bond acceptors (Lipinski definition) is 2. The number of aliphatic imine (C=N–C) groups is 1. The van der Waals surface area contributed by atoms with Crippen molar-refractivity contribution in [2.45, 2.75) is 19.4 Å². The zero-order valence-corrected chi connectivity index (χ0v) is 19.8. The first-order valence-electron chi connectivity index (χ1n) is 8.94. The molecule has 0 fully saturated rings. The number of hydrogen-bond donors (Lipinski definition) is 2. The monoisotopic (exact) mass is 514 g/mol. The molecule has 0 aliphatic carbocycles. The summed E-state index contributed by atoms with van der Waals surface area (Å²) in [7, 11) is 5.26. The maximum atomic E-state index is 12.1. The van der Waals surface area contributed by atoms with Crippen LogP contribution in [0.15, 0.2) is 53.5 Å². The predicted octanol–water partition coefficient (Wildman–Crippen LogP) is 4.13. The van der Waals surface area contributed by atoms with E-state index in [1.165, 1.54) is 0 Å². The predicted molar refractivity (Wildman–Crippen MR) is 128 cm³/mol. The Balaban J connectivity index is 0.00000392. The van der Waals surface area contributed by atoms with E-state index in [0.29, 0.717) is 12.1 Å². The fourth-order valence-electron chi connectivity index (χ4n) is 2.70. The van der Waals surface area contributed by atoms with Crippen molar-refractivity contribution >= 4 is 47.4 Å². The van der Waals surface area contributed by atoms with Crippen molar-refractivity contribution in [3.63, 3.8) is 0 Å².